The van der Waals surface area contributed by atoms with Crippen LogP contribution in [0.25, 0.3) is 0 Å². The van der Waals surface area contributed by atoms with Crippen LogP contribution in [0.1, 0.15) is 17.5 Å². The van der Waals surface area contributed by atoms with Crippen molar-refractivity contribution < 1.29 is 19.4 Å². The first-order valence-electron chi connectivity index (χ1n) is 10.3. The van der Waals surface area contributed by atoms with Gasteiger partial charge in [-0.1, -0.05) is 48.0 Å². The van der Waals surface area contributed by atoms with Crippen molar-refractivity contribution >= 4 is 17.5 Å². The molecule has 1 heterocycles. The summed E-state index contributed by atoms with van der Waals surface area (Å²) in [5.41, 5.74) is 3.27. The normalized spacial score (nSPS) is 19.5. The van der Waals surface area contributed by atoms with Crippen molar-refractivity contribution in [2.45, 2.75) is 25.9 Å². The lowest BCUT2D eigenvalue weighted by molar-refractivity contribution is -0.901. The molecule has 4 N–H and O–H groups in total. The van der Waals surface area contributed by atoms with Crippen molar-refractivity contribution in [3.8, 4) is 0 Å². The van der Waals surface area contributed by atoms with Gasteiger partial charge in [-0.3, -0.25) is 9.59 Å². The highest BCUT2D eigenvalue weighted by Crippen LogP contribution is 2.07. The fraction of sp³-hybridized carbons (Fsp3) is 0.391. The molecule has 154 valence electrons. The predicted octanol–water partition coefficient (Wildman–Crippen LogP) is -0.578. The summed E-state index contributed by atoms with van der Waals surface area (Å²) in [6, 6.07) is 18.4. The van der Waals surface area contributed by atoms with Crippen LogP contribution < -0.4 is 20.4 Å². The third-order valence-electron chi connectivity index (χ3n) is 5.30. The van der Waals surface area contributed by atoms with Crippen LogP contribution in [0.15, 0.2) is 54.6 Å². The fourth-order valence-corrected chi connectivity index (χ4v) is 3.83. The molecule has 29 heavy (non-hydrogen) atoms. The molecule has 2 aromatic rings. The Kier molecular flexibility index (Phi) is 7.38. The van der Waals surface area contributed by atoms with Crippen LogP contribution in [0.2, 0.25) is 0 Å². The molecule has 1 aliphatic rings. The highest BCUT2D eigenvalue weighted by molar-refractivity contribution is 5.91. The summed E-state index contributed by atoms with van der Waals surface area (Å²) in [4.78, 5) is 26.9. The Labute approximate surface area is 172 Å². The molecular weight excluding hydrogens is 364 g/mol. The number of likely N-dealkylation sites (tertiary alicyclic amines) is 1. The molecule has 1 saturated heterocycles. The number of likely N-dealkylation sites (N-methyl/N-ethyl adjacent to an activating group) is 1. The molecule has 2 amide bonds. The highest BCUT2D eigenvalue weighted by Gasteiger charge is 2.28. The van der Waals surface area contributed by atoms with E-state index in [1.165, 1.54) is 10.5 Å². The Bertz CT molecular complexity index is 807. The van der Waals surface area contributed by atoms with Gasteiger partial charge in [-0.15, -0.1) is 0 Å². The van der Waals surface area contributed by atoms with Gasteiger partial charge >= 0.3 is 0 Å². The van der Waals surface area contributed by atoms with Gasteiger partial charge in [0.2, 0.25) is 0 Å². The zero-order valence-electron chi connectivity index (χ0n) is 17.3. The van der Waals surface area contributed by atoms with Crippen LogP contribution in [0.5, 0.6) is 0 Å². The number of carbonyl (C=O) groups is 2. The number of nitrogens with one attached hydrogen (secondary N) is 4. The molecule has 2 unspecified atom stereocenters. The molecule has 0 spiro atoms. The number of amides is 2. The molecule has 6 nitrogen and oxygen atoms in total. The molecular formula is C23H32N4O2+2. The number of hydrogen-bond acceptors (Lipinski definition) is 2. The Morgan fingerprint density at radius 2 is 1.72 bits per heavy atom. The maximum atomic E-state index is 12.4. The van der Waals surface area contributed by atoms with E-state index in [4.69, 9.17) is 0 Å². The SMILES string of the molecule is Cc1ccc(NC(=O)C[NH+](C)CC(=O)N[C@@H]2CC[NH+](Cc3ccccc3)C2)cc1. The van der Waals surface area contributed by atoms with Crippen LogP contribution in [0.4, 0.5) is 5.69 Å². The first-order chi connectivity index (χ1) is 14.0. The molecule has 6 heteroatoms. The molecule has 0 aliphatic carbocycles. The molecule has 0 saturated carbocycles. The number of carbonyl (C=O) groups excluding carboxylic acids is 2. The van der Waals surface area contributed by atoms with Gasteiger partial charge in [-0.05, 0) is 19.1 Å². The van der Waals surface area contributed by atoms with Gasteiger partial charge in [0.1, 0.15) is 6.54 Å². The Morgan fingerprint density at radius 3 is 2.45 bits per heavy atom. The third-order valence-corrected chi connectivity index (χ3v) is 5.30. The second-order valence-corrected chi connectivity index (χ2v) is 8.14. The van der Waals surface area contributed by atoms with Gasteiger partial charge < -0.3 is 20.4 Å². The maximum absolute atomic E-state index is 12.4. The van der Waals surface area contributed by atoms with Crippen LogP contribution in [-0.4, -0.2) is 51.1 Å². The Hall–Kier alpha value is -2.70. The van der Waals surface area contributed by atoms with Gasteiger partial charge in [-0.25, -0.2) is 0 Å². The molecule has 0 aromatic heterocycles. The topological polar surface area (TPSA) is 67.1 Å². The second-order valence-electron chi connectivity index (χ2n) is 8.14. The summed E-state index contributed by atoms with van der Waals surface area (Å²) in [6.07, 6.45) is 1.00. The number of aryl methyl sites for hydroxylation is 1. The lowest BCUT2D eigenvalue weighted by Gasteiger charge is -2.16. The van der Waals surface area contributed by atoms with E-state index in [9.17, 15) is 9.59 Å². The predicted molar refractivity (Wildman–Crippen MR) is 114 cm³/mol. The number of quaternary nitrogens is 2. The Balaban J connectivity index is 1.36. The quantitative estimate of drug-likeness (QED) is 0.483. The second kappa shape index (κ2) is 10.2. The molecule has 2 aromatic carbocycles. The van der Waals surface area contributed by atoms with E-state index < -0.39 is 0 Å². The highest BCUT2D eigenvalue weighted by atomic mass is 16.2. The van der Waals surface area contributed by atoms with Crippen molar-refractivity contribution in [2.75, 3.05) is 38.5 Å². The van der Waals surface area contributed by atoms with Crippen molar-refractivity contribution in [1.82, 2.24) is 5.32 Å². The van der Waals surface area contributed by atoms with Gasteiger partial charge in [0.25, 0.3) is 11.8 Å². The first-order valence-corrected chi connectivity index (χ1v) is 10.3. The summed E-state index contributed by atoms with van der Waals surface area (Å²) in [5.74, 6) is -0.0740. The third kappa shape index (κ3) is 7.00. The minimum absolute atomic E-state index is 0.0107. The minimum atomic E-state index is -0.0847. The summed E-state index contributed by atoms with van der Waals surface area (Å²) in [5, 5.41) is 6.02. The number of hydrogen-bond donors (Lipinski definition) is 4. The van der Waals surface area contributed by atoms with Crippen LogP contribution in [-0.2, 0) is 16.1 Å². The zero-order valence-corrected chi connectivity index (χ0v) is 17.3. The van der Waals surface area contributed by atoms with Crippen molar-refractivity contribution in [1.29, 1.82) is 0 Å². The number of rotatable bonds is 8. The average Bonchev–Trinajstić information content (AvgIpc) is 3.10. The molecule has 3 rings (SSSR count). The van der Waals surface area contributed by atoms with E-state index >= 15 is 0 Å². The minimum Gasteiger partial charge on any atom is -0.343 e. The molecule has 0 bridgehead atoms. The van der Waals surface area contributed by atoms with Gasteiger partial charge in [0.15, 0.2) is 13.1 Å². The van der Waals surface area contributed by atoms with Crippen molar-refractivity contribution in [3.63, 3.8) is 0 Å². The summed E-state index contributed by atoms with van der Waals surface area (Å²) in [7, 11) is 1.87. The number of benzene rings is 2. The molecule has 1 aliphatic heterocycles. The lowest BCUT2D eigenvalue weighted by Crippen LogP contribution is -3.11. The van der Waals surface area contributed by atoms with Gasteiger partial charge in [-0.2, -0.15) is 0 Å². The summed E-state index contributed by atoms with van der Waals surface area (Å²) in [6.45, 7) is 5.59. The van der Waals surface area contributed by atoms with Crippen LogP contribution in [0, 0.1) is 6.92 Å². The molecule has 1 fully saturated rings. The lowest BCUT2D eigenvalue weighted by atomic mass is 10.2. The summed E-state index contributed by atoms with van der Waals surface area (Å²) >= 11 is 0. The van der Waals surface area contributed by atoms with Crippen LogP contribution >= 0.6 is 0 Å². The molecule has 3 atom stereocenters. The van der Waals surface area contributed by atoms with Gasteiger partial charge in [0, 0.05) is 17.7 Å². The van der Waals surface area contributed by atoms with E-state index in [2.05, 4.69) is 34.9 Å². The maximum Gasteiger partial charge on any atom is 0.279 e. The van der Waals surface area contributed by atoms with Gasteiger partial charge in [0.05, 0.1) is 26.2 Å². The average molecular weight is 397 g/mol. The van der Waals surface area contributed by atoms with E-state index in [0.717, 1.165) is 42.2 Å². The smallest absolute Gasteiger partial charge is 0.279 e. The molecule has 0 radical (unpaired) electrons. The number of anilines is 1. The van der Waals surface area contributed by atoms with Crippen LogP contribution in [0.3, 0.4) is 0 Å². The van der Waals surface area contributed by atoms with E-state index in [1.54, 1.807) is 0 Å². The Morgan fingerprint density at radius 1 is 1.03 bits per heavy atom. The van der Waals surface area contributed by atoms with Crippen molar-refractivity contribution in [3.05, 3.63) is 65.7 Å². The zero-order chi connectivity index (χ0) is 20.6. The summed E-state index contributed by atoms with van der Waals surface area (Å²) < 4.78 is 0. The monoisotopic (exact) mass is 396 g/mol. The largest absolute Gasteiger partial charge is 0.343 e. The van der Waals surface area contributed by atoms with E-state index in [0.29, 0.717) is 6.54 Å². The van der Waals surface area contributed by atoms with Crippen molar-refractivity contribution in [2.24, 2.45) is 0 Å². The standard InChI is InChI=1S/C23H30N4O2/c1-18-8-10-20(11-9-18)24-22(28)16-26(2)17-23(29)25-21-12-13-27(15-21)14-19-6-4-3-5-7-19/h3-11,21H,12-17H2,1-2H3,(H,24,28)(H,25,29)/p+2/t21-/m1/s1. The van der Waals surface area contributed by atoms with E-state index in [1.807, 2.05) is 44.3 Å². The first kappa shape index (κ1) is 21.0. The van der Waals surface area contributed by atoms with E-state index in [-0.39, 0.29) is 24.4 Å². The fourth-order valence-electron chi connectivity index (χ4n) is 3.83.